The van der Waals surface area contributed by atoms with E-state index in [1.54, 1.807) is 7.11 Å². The molecule has 0 radical (unpaired) electrons. The standard InChI is InChI=1S/C20H23F3N2O2/c1-27-19-8-3-2-7-17(19)25-11-9-24(10-12-25)14-18(26)15-5-4-6-16(13-15)20(21,22)23/h2-8,13,18,26H,9-12,14H2,1H3/t18-/m0/s1. The van der Waals surface area contributed by atoms with Crippen molar-refractivity contribution in [2.45, 2.75) is 12.3 Å². The van der Waals surface area contributed by atoms with Crippen molar-refractivity contribution in [1.82, 2.24) is 4.90 Å². The topological polar surface area (TPSA) is 35.9 Å². The lowest BCUT2D eigenvalue weighted by atomic mass is 10.0. The fraction of sp³-hybridized carbons (Fsp3) is 0.400. The molecule has 1 aliphatic heterocycles. The van der Waals surface area contributed by atoms with Crippen molar-refractivity contribution in [2.24, 2.45) is 0 Å². The largest absolute Gasteiger partial charge is 0.495 e. The highest BCUT2D eigenvalue weighted by molar-refractivity contribution is 5.58. The molecule has 1 N–H and O–H groups in total. The number of para-hydroxylation sites is 2. The monoisotopic (exact) mass is 380 g/mol. The van der Waals surface area contributed by atoms with Crippen LogP contribution in [0.25, 0.3) is 0 Å². The third-order valence-electron chi connectivity index (χ3n) is 4.83. The van der Waals surface area contributed by atoms with Crippen LogP contribution in [0.5, 0.6) is 5.75 Å². The van der Waals surface area contributed by atoms with Gasteiger partial charge in [0, 0.05) is 32.7 Å². The molecule has 2 aromatic rings. The molecular formula is C20H23F3N2O2. The third kappa shape index (κ3) is 4.73. The molecule has 2 aromatic carbocycles. The van der Waals surface area contributed by atoms with E-state index in [9.17, 15) is 18.3 Å². The van der Waals surface area contributed by atoms with E-state index in [0.29, 0.717) is 19.6 Å². The summed E-state index contributed by atoms with van der Waals surface area (Å²) in [6.07, 6.45) is -5.36. The lowest BCUT2D eigenvalue weighted by Gasteiger charge is -2.37. The summed E-state index contributed by atoms with van der Waals surface area (Å²) in [5, 5.41) is 10.4. The minimum Gasteiger partial charge on any atom is -0.495 e. The zero-order valence-electron chi connectivity index (χ0n) is 15.1. The van der Waals surface area contributed by atoms with Crippen LogP contribution in [0.3, 0.4) is 0 Å². The number of halogens is 3. The fourth-order valence-electron chi connectivity index (χ4n) is 3.33. The van der Waals surface area contributed by atoms with Gasteiger partial charge in [0.1, 0.15) is 5.75 Å². The van der Waals surface area contributed by atoms with Crippen LogP contribution in [0.2, 0.25) is 0 Å². The Hall–Kier alpha value is -2.25. The van der Waals surface area contributed by atoms with Crippen molar-refractivity contribution >= 4 is 5.69 Å². The van der Waals surface area contributed by atoms with Crippen LogP contribution in [0.4, 0.5) is 18.9 Å². The van der Waals surface area contributed by atoms with Crippen LogP contribution in [0.15, 0.2) is 48.5 Å². The van der Waals surface area contributed by atoms with Crippen LogP contribution in [0.1, 0.15) is 17.2 Å². The van der Waals surface area contributed by atoms with E-state index < -0.39 is 17.8 Å². The molecule has 4 nitrogen and oxygen atoms in total. The van der Waals surface area contributed by atoms with E-state index in [1.807, 2.05) is 24.3 Å². The second kappa shape index (κ2) is 8.19. The van der Waals surface area contributed by atoms with E-state index in [4.69, 9.17) is 4.74 Å². The molecule has 1 saturated heterocycles. The summed E-state index contributed by atoms with van der Waals surface area (Å²) in [6.45, 7) is 3.26. The SMILES string of the molecule is COc1ccccc1N1CCN(C[C@H](O)c2cccc(C(F)(F)F)c2)CC1. The number of anilines is 1. The first-order chi connectivity index (χ1) is 12.9. The highest BCUT2D eigenvalue weighted by atomic mass is 19.4. The number of nitrogens with zero attached hydrogens (tertiary/aromatic N) is 2. The number of β-amino-alcohol motifs (C(OH)–C–C–N with tert-alkyl or cyclic N) is 1. The second-order valence-electron chi connectivity index (χ2n) is 6.60. The predicted octanol–water partition coefficient (Wildman–Crippen LogP) is 3.57. The molecule has 1 heterocycles. The van der Waals surface area contributed by atoms with Crippen LogP contribution in [0, 0.1) is 0 Å². The molecule has 0 aliphatic carbocycles. The lowest BCUT2D eigenvalue weighted by Crippen LogP contribution is -2.47. The molecule has 146 valence electrons. The Kier molecular flexibility index (Phi) is 5.92. The minimum atomic E-state index is -4.41. The Bertz CT molecular complexity index is 759. The van der Waals surface area contributed by atoms with E-state index >= 15 is 0 Å². The molecule has 0 aromatic heterocycles. The molecule has 3 rings (SSSR count). The van der Waals surface area contributed by atoms with Gasteiger partial charge in [-0.2, -0.15) is 13.2 Å². The fourth-order valence-corrected chi connectivity index (χ4v) is 3.33. The number of hydrogen-bond acceptors (Lipinski definition) is 4. The van der Waals surface area contributed by atoms with E-state index in [1.165, 1.54) is 12.1 Å². The van der Waals surface area contributed by atoms with E-state index in [2.05, 4.69) is 9.80 Å². The summed E-state index contributed by atoms with van der Waals surface area (Å²) in [5.41, 5.74) is 0.579. The van der Waals surface area contributed by atoms with Gasteiger partial charge in [0.05, 0.1) is 24.5 Å². The summed E-state index contributed by atoms with van der Waals surface area (Å²) in [7, 11) is 1.64. The van der Waals surface area contributed by atoms with Crippen LogP contribution < -0.4 is 9.64 Å². The molecule has 0 bridgehead atoms. The molecule has 27 heavy (non-hydrogen) atoms. The molecule has 0 unspecified atom stereocenters. The number of aliphatic hydroxyl groups excluding tert-OH is 1. The van der Waals surface area contributed by atoms with Gasteiger partial charge in [-0.15, -0.1) is 0 Å². The van der Waals surface area contributed by atoms with Gasteiger partial charge in [0.15, 0.2) is 0 Å². The summed E-state index contributed by atoms with van der Waals surface area (Å²) >= 11 is 0. The van der Waals surface area contributed by atoms with Crippen LogP contribution in [-0.4, -0.2) is 49.8 Å². The Balaban J connectivity index is 1.59. The van der Waals surface area contributed by atoms with Gasteiger partial charge in [-0.1, -0.05) is 24.3 Å². The lowest BCUT2D eigenvalue weighted by molar-refractivity contribution is -0.137. The summed E-state index contributed by atoms with van der Waals surface area (Å²) < 4.78 is 43.9. The second-order valence-corrected chi connectivity index (χ2v) is 6.60. The quantitative estimate of drug-likeness (QED) is 0.860. The molecule has 1 atom stereocenters. The number of alkyl halides is 3. The van der Waals surface area contributed by atoms with Crippen molar-refractivity contribution in [3.05, 3.63) is 59.7 Å². The zero-order chi connectivity index (χ0) is 19.4. The zero-order valence-corrected chi connectivity index (χ0v) is 15.1. The van der Waals surface area contributed by atoms with E-state index in [-0.39, 0.29) is 5.56 Å². The van der Waals surface area contributed by atoms with Gasteiger partial charge in [-0.25, -0.2) is 0 Å². The maximum atomic E-state index is 12.8. The molecule has 0 saturated carbocycles. The molecular weight excluding hydrogens is 357 g/mol. The maximum Gasteiger partial charge on any atom is 0.416 e. The van der Waals surface area contributed by atoms with Crippen molar-refractivity contribution in [3.63, 3.8) is 0 Å². The van der Waals surface area contributed by atoms with Crippen molar-refractivity contribution in [2.75, 3.05) is 44.7 Å². The molecule has 1 fully saturated rings. The van der Waals surface area contributed by atoms with Gasteiger partial charge in [0.25, 0.3) is 0 Å². The number of ether oxygens (including phenoxy) is 1. The van der Waals surface area contributed by atoms with Crippen molar-refractivity contribution < 1.29 is 23.0 Å². The smallest absolute Gasteiger partial charge is 0.416 e. The van der Waals surface area contributed by atoms with Gasteiger partial charge in [-0.05, 0) is 29.8 Å². The van der Waals surface area contributed by atoms with E-state index in [0.717, 1.165) is 36.7 Å². The summed E-state index contributed by atoms with van der Waals surface area (Å²) in [6, 6.07) is 12.7. The minimum absolute atomic E-state index is 0.289. The number of aliphatic hydroxyl groups is 1. The number of methoxy groups -OCH3 is 1. The Morgan fingerprint density at radius 1 is 1.04 bits per heavy atom. The Labute approximate surface area is 156 Å². The number of benzene rings is 2. The third-order valence-corrected chi connectivity index (χ3v) is 4.83. The maximum absolute atomic E-state index is 12.8. The van der Waals surface area contributed by atoms with Gasteiger partial charge in [-0.3, -0.25) is 4.90 Å². The van der Waals surface area contributed by atoms with Crippen LogP contribution in [-0.2, 0) is 6.18 Å². The van der Waals surface area contributed by atoms with Crippen molar-refractivity contribution in [3.8, 4) is 5.75 Å². The van der Waals surface area contributed by atoms with Gasteiger partial charge >= 0.3 is 6.18 Å². The first-order valence-corrected chi connectivity index (χ1v) is 8.84. The molecule has 0 spiro atoms. The summed E-state index contributed by atoms with van der Waals surface area (Å²) in [4.78, 5) is 4.28. The molecule has 1 aliphatic rings. The first kappa shape index (κ1) is 19.5. The van der Waals surface area contributed by atoms with Crippen molar-refractivity contribution in [1.29, 1.82) is 0 Å². The number of rotatable bonds is 5. The summed E-state index contributed by atoms with van der Waals surface area (Å²) in [5.74, 6) is 0.815. The van der Waals surface area contributed by atoms with Crippen LogP contribution >= 0.6 is 0 Å². The Morgan fingerprint density at radius 2 is 1.74 bits per heavy atom. The number of piperazine rings is 1. The molecule has 7 heteroatoms. The highest BCUT2D eigenvalue weighted by Crippen LogP contribution is 2.31. The first-order valence-electron chi connectivity index (χ1n) is 8.84. The van der Waals surface area contributed by atoms with Gasteiger partial charge in [0.2, 0.25) is 0 Å². The van der Waals surface area contributed by atoms with Gasteiger partial charge < -0.3 is 14.7 Å². The average molecular weight is 380 g/mol. The normalized spacial score (nSPS) is 17.0. The average Bonchev–Trinajstić information content (AvgIpc) is 2.68. The number of hydrogen-bond donors (Lipinski definition) is 1. The molecule has 0 amide bonds. The Morgan fingerprint density at radius 3 is 2.41 bits per heavy atom. The highest BCUT2D eigenvalue weighted by Gasteiger charge is 2.31. The predicted molar refractivity (Wildman–Crippen MR) is 98.1 cm³/mol.